The summed E-state index contributed by atoms with van der Waals surface area (Å²) in [4.78, 5) is 10.5. The predicted molar refractivity (Wildman–Crippen MR) is 97.2 cm³/mol. The molecule has 0 saturated carbocycles. The van der Waals surface area contributed by atoms with Gasteiger partial charge in [-0.25, -0.2) is 22.8 Å². The molecule has 140 valence electrons. The van der Waals surface area contributed by atoms with E-state index >= 15 is 0 Å². The van der Waals surface area contributed by atoms with Gasteiger partial charge in [-0.3, -0.25) is 0 Å². The summed E-state index contributed by atoms with van der Waals surface area (Å²) >= 11 is 0. The number of aromatic nitrogens is 2. The molecule has 1 fully saturated rings. The summed E-state index contributed by atoms with van der Waals surface area (Å²) in [7, 11) is -1.66. The average molecular weight is 380 g/mol. The second kappa shape index (κ2) is 7.55. The van der Waals surface area contributed by atoms with Gasteiger partial charge < -0.3 is 9.64 Å². The van der Waals surface area contributed by atoms with Crippen molar-refractivity contribution >= 4 is 15.8 Å². The molecule has 7 nitrogen and oxygen atoms in total. The second-order valence-corrected chi connectivity index (χ2v) is 8.15. The topological polar surface area (TPSA) is 75.6 Å². The van der Waals surface area contributed by atoms with Gasteiger partial charge in [0.1, 0.15) is 23.7 Å². The van der Waals surface area contributed by atoms with Crippen LogP contribution >= 0.6 is 0 Å². The summed E-state index contributed by atoms with van der Waals surface area (Å²) in [5.74, 6) is 0.924. The van der Waals surface area contributed by atoms with Gasteiger partial charge in [-0.15, -0.1) is 0 Å². The SMILES string of the molecule is CCS(=O)(=O)N1CCN(c2cc(-c3cc(F)ccc3OC)ncn2)CC1. The van der Waals surface area contributed by atoms with E-state index in [1.54, 1.807) is 19.1 Å². The molecule has 9 heteroatoms. The zero-order valence-corrected chi connectivity index (χ0v) is 15.5. The van der Waals surface area contributed by atoms with Crippen molar-refractivity contribution in [3.63, 3.8) is 0 Å². The lowest BCUT2D eigenvalue weighted by atomic mass is 10.1. The summed E-state index contributed by atoms with van der Waals surface area (Å²) in [6.45, 7) is 3.55. The fraction of sp³-hybridized carbons (Fsp3) is 0.412. The van der Waals surface area contributed by atoms with Gasteiger partial charge >= 0.3 is 0 Å². The molecule has 2 aromatic rings. The van der Waals surface area contributed by atoms with Gasteiger partial charge in [0.25, 0.3) is 0 Å². The molecule has 1 aromatic carbocycles. The van der Waals surface area contributed by atoms with E-state index in [0.717, 1.165) is 0 Å². The van der Waals surface area contributed by atoms with Crippen molar-refractivity contribution < 1.29 is 17.5 Å². The minimum Gasteiger partial charge on any atom is -0.496 e. The van der Waals surface area contributed by atoms with Crippen LogP contribution in [0.2, 0.25) is 0 Å². The number of hydrogen-bond acceptors (Lipinski definition) is 6. The minimum atomic E-state index is -3.18. The monoisotopic (exact) mass is 380 g/mol. The standard InChI is InChI=1S/C17H21FN4O3S/c1-3-26(23,24)22-8-6-21(7-9-22)17-11-15(19-12-20-17)14-10-13(18)4-5-16(14)25-2/h4-5,10-12H,3,6-9H2,1-2H3. The van der Waals surface area contributed by atoms with Crippen molar-refractivity contribution in [2.24, 2.45) is 0 Å². The summed E-state index contributed by atoms with van der Waals surface area (Å²) in [5.41, 5.74) is 1.10. The molecule has 0 atom stereocenters. The molecule has 1 aliphatic heterocycles. The van der Waals surface area contributed by atoms with Crippen molar-refractivity contribution in [2.45, 2.75) is 6.92 Å². The van der Waals surface area contributed by atoms with Gasteiger partial charge in [-0.1, -0.05) is 0 Å². The summed E-state index contributed by atoms with van der Waals surface area (Å²) in [6.07, 6.45) is 1.42. The Bertz CT molecular complexity index is 883. The number of anilines is 1. The van der Waals surface area contributed by atoms with E-state index in [0.29, 0.717) is 49.0 Å². The molecule has 0 amide bonds. The predicted octanol–water partition coefficient (Wildman–Crippen LogP) is 1.76. The van der Waals surface area contributed by atoms with E-state index in [1.807, 2.05) is 4.90 Å². The molecule has 3 rings (SSSR count). The van der Waals surface area contributed by atoms with E-state index in [-0.39, 0.29) is 11.6 Å². The van der Waals surface area contributed by atoms with Crippen LogP contribution in [0.25, 0.3) is 11.3 Å². The van der Waals surface area contributed by atoms with Gasteiger partial charge in [0.05, 0.1) is 18.6 Å². The molecule has 0 bridgehead atoms. The smallest absolute Gasteiger partial charge is 0.213 e. The number of halogens is 1. The minimum absolute atomic E-state index is 0.101. The Morgan fingerprint density at radius 3 is 2.54 bits per heavy atom. The molecule has 0 aliphatic carbocycles. The first-order valence-corrected chi connectivity index (χ1v) is 9.94. The quantitative estimate of drug-likeness (QED) is 0.787. The van der Waals surface area contributed by atoms with Crippen LogP contribution in [-0.2, 0) is 10.0 Å². The lowest BCUT2D eigenvalue weighted by Crippen LogP contribution is -2.49. The molecular formula is C17H21FN4O3S. The van der Waals surface area contributed by atoms with Crippen molar-refractivity contribution in [3.05, 3.63) is 36.4 Å². The van der Waals surface area contributed by atoms with Crippen LogP contribution in [0, 0.1) is 5.82 Å². The van der Waals surface area contributed by atoms with Crippen LogP contribution in [0.15, 0.2) is 30.6 Å². The first-order chi connectivity index (χ1) is 12.4. The number of methoxy groups -OCH3 is 1. The third-order valence-electron chi connectivity index (χ3n) is 4.41. The maximum Gasteiger partial charge on any atom is 0.213 e. The molecular weight excluding hydrogens is 359 g/mol. The fourth-order valence-corrected chi connectivity index (χ4v) is 4.01. The Balaban J connectivity index is 1.82. The highest BCUT2D eigenvalue weighted by Gasteiger charge is 2.26. The highest BCUT2D eigenvalue weighted by atomic mass is 32.2. The Labute approximate surface area is 152 Å². The number of piperazine rings is 1. The lowest BCUT2D eigenvalue weighted by molar-refractivity contribution is 0.384. The van der Waals surface area contributed by atoms with E-state index in [4.69, 9.17) is 4.74 Å². The first kappa shape index (κ1) is 18.5. The van der Waals surface area contributed by atoms with Gasteiger partial charge in [0, 0.05) is 37.8 Å². The van der Waals surface area contributed by atoms with Crippen LogP contribution in [0.5, 0.6) is 5.75 Å². The normalized spacial score (nSPS) is 15.9. The molecule has 0 spiro atoms. The summed E-state index contributed by atoms with van der Waals surface area (Å²) in [6, 6.07) is 6.02. The van der Waals surface area contributed by atoms with Crippen LogP contribution in [0.4, 0.5) is 10.2 Å². The molecule has 26 heavy (non-hydrogen) atoms. The number of ether oxygens (including phenoxy) is 1. The second-order valence-electron chi connectivity index (χ2n) is 5.89. The third kappa shape index (κ3) is 3.78. The number of rotatable bonds is 5. The van der Waals surface area contributed by atoms with Crippen molar-refractivity contribution in [1.82, 2.24) is 14.3 Å². The van der Waals surface area contributed by atoms with Crippen molar-refractivity contribution in [3.8, 4) is 17.0 Å². The molecule has 0 unspecified atom stereocenters. The van der Waals surface area contributed by atoms with E-state index in [2.05, 4.69) is 9.97 Å². The first-order valence-electron chi connectivity index (χ1n) is 8.33. The molecule has 2 heterocycles. The zero-order chi connectivity index (χ0) is 18.7. The van der Waals surface area contributed by atoms with Crippen LogP contribution < -0.4 is 9.64 Å². The molecule has 1 aliphatic rings. The Kier molecular flexibility index (Phi) is 5.38. The van der Waals surface area contributed by atoms with Gasteiger partial charge in [-0.2, -0.15) is 4.31 Å². The molecule has 0 N–H and O–H groups in total. The third-order valence-corrected chi connectivity index (χ3v) is 6.29. The number of hydrogen-bond donors (Lipinski definition) is 0. The Hall–Kier alpha value is -2.26. The maximum absolute atomic E-state index is 13.6. The largest absolute Gasteiger partial charge is 0.496 e. The van der Waals surface area contributed by atoms with Crippen LogP contribution in [0.1, 0.15) is 6.92 Å². The number of nitrogens with zero attached hydrogens (tertiary/aromatic N) is 4. The van der Waals surface area contributed by atoms with E-state index in [1.165, 1.54) is 29.9 Å². The maximum atomic E-state index is 13.6. The number of sulfonamides is 1. The highest BCUT2D eigenvalue weighted by Crippen LogP contribution is 2.30. The van der Waals surface area contributed by atoms with Crippen LogP contribution in [-0.4, -0.2) is 61.7 Å². The average Bonchev–Trinajstić information content (AvgIpc) is 2.68. The Morgan fingerprint density at radius 1 is 1.15 bits per heavy atom. The number of benzene rings is 1. The van der Waals surface area contributed by atoms with E-state index in [9.17, 15) is 12.8 Å². The highest BCUT2D eigenvalue weighted by molar-refractivity contribution is 7.89. The Morgan fingerprint density at radius 2 is 1.88 bits per heavy atom. The van der Waals surface area contributed by atoms with Crippen molar-refractivity contribution in [1.29, 1.82) is 0 Å². The molecule has 1 aromatic heterocycles. The molecule has 1 saturated heterocycles. The van der Waals surface area contributed by atoms with Crippen molar-refractivity contribution in [2.75, 3.05) is 43.9 Å². The summed E-state index contributed by atoms with van der Waals surface area (Å²) < 4.78 is 44.4. The molecule has 0 radical (unpaired) electrons. The van der Waals surface area contributed by atoms with Gasteiger partial charge in [-0.05, 0) is 25.1 Å². The lowest BCUT2D eigenvalue weighted by Gasteiger charge is -2.34. The van der Waals surface area contributed by atoms with Gasteiger partial charge in [0.15, 0.2) is 0 Å². The zero-order valence-electron chi connectivity index (χ0n) is 14.7. The summed E-state index contributed by atoms with van der Waals surface area (Å²) in [5, 5.41) is 0. The van der Waals surface area contributed by atoms with Gasteiger partial charge in [0.2, 0.25) is 10.0 Å². The van der Waals surface area contributed by atoms with E-state index < -0.39 is 10.0 Å². The fourth-order valence-electron chi connectivity index (χ4n) is 2.93. The van der Waals surface area contributed by atoms with Crippen LogP contribution in [0.3, 0.4) is 0 Å².